The highest BCUT2D eigenvalue weighted by Crippen LogP contribution is 2.29. The summed E-state index contributed by atoms with van der Waals surface area (Å²) in [7, 11) is 0. The van der Waals surface area contributed by atoms with Gasteiger partial charge in [-0.05, 0) is 27.2 Å². The van der Waals surface area contributed by atoms with Crippen LogP contribution in [-0.4, -0.2) is 32.4 Å². The third-order valence-electron chi connectivity index (χ3n) is 3.21. The molecule has 0 radical (unpaired) electrons. The maximum atomic E-state index is 11.9. The normalized spacial score (nSPS) is 18.7. The lowest BCUT2D eigenvalue weighted by Crippen LogP contribution is -2.59. The molecule has 2 heterocycles. The highest BCUT2D eigenvalue weighted by molar-refractivity contribution is 5.77. The Balaban J connectivity index is 2.02. The standard InChI is InChI=1S/C11H17N3O/c1-9-6-12-8-13(9)7-10(15)14-5-4-11(14,2)3/h6,8H,4-5,7H2,1-3H3. The predicted octanol–water partition coefficient (Wildman–Crippen LogP) is 1.20. The average molecular weight is 207 g/mol. The molecular formula is C11H17N3O. The van der Waals surface area contributed by atoms with Gasteiger partial charge in [0.15, 0.2) is 0 Å². The zero-order chi connectivity index (χ0) is 11.1. The van der Waals surface area contributed by atoms with Crippen LogP contribution < -0.4 is 0 Å². The zero-order valence-corrected chi connectivity index (χ0v) is 9.53. The monoisotopic (exact) mass is 207 g/mol. The molecule has 15 heavy (non-hydrogen) atoms. The molecule has 1 aliphatic heterocycles. The van der Waals surface area contributed by atoms with Crippen LogP contribution in [0.25, 0.3) is 0 Å². The quantitative estimate of drug-likeness (QED) is 0.731. The van der Waals surface area contributed by atoms with Crippen LogP contribution in [0.5, 0.6) is 0 Å². The fraction of sp³-hybridized carbons (Fsp3) is 0.636. The SMILES string of the molecule is Cc1cncn1CC(=O)N1CCC1(C)C. The molecule has 0 aliphatic carbocycles. The van der Waals surface area contributed by atoms with Crippen LogP contribution in [-0.2, 0) is 11.3 Å². The van der Waals surface area contributed by atoms with Crippen LogP contribution in [0.2, 0.25) is 0 Å². The average Bonchev–Trinajstić information content (AvgIpc) is 2.50. The number of carbonyl (C=O) groups is 1. The lowest BCUT2D eigenvalue weighted by atomic mass is 9.89. The van der Waals surface area contributed by atoms with E-state index in [9.17, 15) is 4.79 Å². The minimum atomic E-state index is 0.0472. The van der Waals surface area contributed by atoms with Crippen molar-refractivity contribution < 1.29 is 4.79 Å². The molecule has 0 bridgehead atoms. The summed E-state index contributed by atoms with van der Waals surface area (Å²) in [5.74, 6) is 0.187. The van der Waals surface area contributed by atoms with E-state index in [0.29, 0.717) is 6.54 Å². The van der Waals surface area contributed by atoms with Gasteiger partial charge < -0.3 is 9.47 Å². The fourth-order valence-corrected chi connectivity index (χ4v) is 1.92. The van der Waals surface area contributed by atoms with Gasteiger partial charge in [-0.1, -0.05) is 0 Å². The lowest BCUT2D eigenvalue weighted by molar-refractivity contribution is -0.145. The Morgan fingerprint density at radius 2 is 2.33 bits per heavy atom. The van der Waals surface area contributed by atoms with Crippen molar-refractivity contribution in [1.82, 2.24) is 14.5 Å². The summed E-state index contributed by atoms with van der Waals surface area (Å²) in [6.45, 7) is 7.47. The summed E-state index contributed by atoms with van der Waals surface area (Å²) in [6, 6.07) is 0. The number of hydrogen-bond donors (Lipinski definition) is 0. The Labute approximate surface area is 89.9 Å². The molecular weight excluding hydrogens is 190 g/mol. The van der Waals surface area contributed by atoms with Gasteiger partial charge in [-0.25, -0.2) is 4.98 Å². The van der Waals surface area contributed by atoms with E-state index in [0.717, 1.165) is 18.7 Å². The van der Waals surface area contributed by atoms with Gasteiger partial charge in [0.25, 0.3) is 0 Å². The molecule has 0 unspecified atom stereocenters. The Morgan fingerprint density at radius 1 is 1.60 bits per heavy atom. The lowest BCUT2D eigenvalue weighted by Gasteiger charge is -2.48. The third kappa shape index (κ3) is 1.76. The molecule has 0 spiro atoms. The summed E-state index contributed by atoms with van der Waals surface area (Å²) >= 11 is 0. The molecule has 1 fully saturated rings. The van der Waals surface area contributed by atoms with Crippen molar-refractivity contribution in [2.24, 2.45) is 0 Å². The molecule has 0 saturated carbocycles. The Bertz CT molecular complexity index is 381. The molecule has 4 heteroatoms. The van der Waals surface area contributed by atoms with Crippen molar-refractivity contribution in [3.05, 3.63) is 18.2 Å². The molecule has 0 atom stereocenters. The molecule has 1 aromatic rings. The number of rotatable bonds is 2. The molecule has 0 aromatic carbocycles. The van der Waals surface area contributed by atoms with Gasteiger partial charge in [-0.2, -0.15) is 0 Å². The van der Waals surface area contributed by atoms with Crippen LogP contribution in [0, 0.1) is 6.92 Å². The van der Waals surface area contributed by atoms with Crippen molar-refractivity contribution in [2.45, 2.75) is 39.3 Å². The van der Waals surface area contributed by atoms with Crippen molar-refractivity contribution in [3.63, 3.8) is 0 Å². The molecule has 1 aliphatic rings. The fourth-order valence-electron chi connectivity index (χ4n) is 1.92. The first-order chi connectivity index (χ1) is 7.00. The topological polar surface area (TPSA) is 38.1 Å². The van der Waals surface area contributed by atoms with Gasteiger partial charge >= 0.3 is 0 Å². The van der Waals surface area contributed by atoms with E-state index >= 15 is 0 Å². The van der Waals surface area contributed by atoms with Crippen LogP contribution >= 0.6 is 0 Å². The molecule has 4 nitrogen and oxygen atoms in total. The summed E-state index contributed by atoms with van der Waals surface area (Å²) < 4.78 is 1.89. The van der Waals surface area contributed by atoms with Crippen molar-refractivity contribution >= 4 is 5.91 Å². The first-order valence-electron chi connectivity index (χ1n) is 5.28. The summed E-state index contributed by atoms with van der Waals surface area (Å²) in [5, 5.41) is 0. The second kappa shape index (κ2) is 3.36. The molecule has 2 rings (SSSR count). The van der Waals surface area contributed by atoms with E-state index in [1.807, 2.05) is 16.4 Å². The molecule has 1 saturated heterocycles. The predicted molar refractivity (Wildman–Crippen MR) is 57.4 cm³/mol. The maximum absolute atomic E-state index is 11.9. The number of likely N-dealkylation sites (tertiary alicyclic amines) is 1. The number of aryl methyl sites for hydroxylation is 1. The van der Waals surface area contributed by atoms with Crippen LogP contribution in [0.3, 0.4) is 0 Å². The maximum Gasteiger partial charge on any atom is 0.242 e. The number of carbonyl (C=O) groups excluding carboxylic acids is 1. The van der Waals surface area contributed by atoms with Gasteiger partial charge in [-0.3, -0.25) is 4.79 Å². The van der Waals surface area contributed by atoms with Gasteiger partial charge in [0.05, 0.1) is 6.33 Å². The van der Waals surface area contributed by atoms with Crippen molar-refractivity contribution in [3.8, 4) is 0 Å². The number of nitrogens with zero attached hydrogens (tertiary/aromatic N) is 3. The largest absolute Gasteiger partial charge is 0.336 e. The minimum absolute atomic E-state index is 0.0472. The van der Waals surface area contributed by atoms with Crippen LogP contribution in [0.15, 0.2) is 12.5 Å². The summed E-state index contributed by atoms with van der Waals surface area (Å²) in [6.07, 6.45) is 4.58. The van der Waals surface area contributed by atoms with E-state index in [1.54, 1.807) is 12.5 Å². The van der Waals surface area contributed by atoms with Gasteiger partial charge in [-0.15, -0.1) is 0 Å². The van der Waals surface area contributed by atoms with E-state index < -0.39 is 0 Å². The Hall–Kier alpha value is -1.32. The summed E-state index contributed by atoms with van der Waals surface area (Å²) in [5.41, 5.74) is 1.08. The second-order valence-electron chi connectivity index (χ2n) is 4.77. The number of amides is 1. The number of aromatic nitrogens is 2. The van der Waals surface area contributed by atoms with Gasteiger partial charge in [0, 0.05) is 24.0 Å². The Morgan fingerprint density at radius 3 is 2.73 bits per heavy atom. The molecule has 1 aromatic heterocycles. The third-order valence-corrected chi connectivity index (χ3v) is 3.21. The molecule has 82 valence electrons. The van der Waals surface area contributed by atoms with E-state index in [-0.39, 0.29) is 11.4 Å². The first-order valence-corrected chi connectivity index (χ1v) is 5.28. The molecule has 0 N–H and O–H groups in total. The highest BCUT2D eigenvalue weighted by atomic mass is 16.2. The van der Waals surface area contributed by atoms with E-state index in [2.05, 4.69) is 18.8 Å². The van der Waals surface area contributed by atoms with Crippen LogP contribution in [0.1, 0.15) is 26.0 Å². The first kappa shape index (κ1) is 10.2. The van der Waals surface area contributed by atoms with E-state index in [4.69, 9.17) is 0 Å². The van der Waals surface area contributed by atoms with Crippen LogP contribution in [0.4, 0.5) is 0 Å². The van der Waals surface area contributed by atoms with Gasteiger partial charge in [0.1, 0.15) is 6.54 Å². The smallest absolute Gasteiger partial charge is 0.242 e. The second-order valence-corrected chi connectivity index (χ2v) is 4.77. The number of hydrogen-bond acceptors (Lipinski definition) is 2. The van der Waals surface area contributed by atoms with E-state index in [1.165, 1.54) is 0 Å². The highest BCUT2D eigenvalue weighted by Gasteiger charge is 2.38. The zero-order valence-electron chi connectivity index (χ0n) is 9.53. The Kier molecular flexibility index (Phi) is 2.29. The van der Waals surface area contributed by atoms with Gasteiger partial charge in [0.2, 0.25) is 5.91 Å². The van der Waals surface area contributed by atoms with Crippen molar-refractivity contribution in [2.75, 3.05) is 6.54 Å². The molecule has 1 amide bonds. The summed E-state index contributed by atoms with van der Waals surface area (Å²) in [4.78, 5) is 17.9. The number of imidazole rings is 1. The van der Waals surface area contributed by atoms with Crippen molar-refractivity contribution in [1.29, 1.82) is 0 Å². The minimum Gasteiger partial charge on any atom is -0.336 e.